The quantitative estimate of drug-likeness (QED) is 0.619. The lowest BCUT2D eigenvalue weighted by Gasteiger charge is -1.97. The lowest BCUT2D eigenvalue weighted by molar-refractivity contribution is 0.111. The van der Waals surface area contributed by atoms with Crippen molar-refractivity contribution in [3.8, 4) is 0 Å². The predicted molar refractivity (Wildman–Crippen MR) is 41.6 cm³/mol. The second-order valence-electron chi connectivity index (χ2n) is 2.90. The molecule has 1 atom stereocenters. The highest BCUT2D eigenvalue weighted by Crippen LogP contribution is 2.55. The molecule has 0 N–H and O–H groups in total. The summed E-state index contributed by atoms with van der Waals surface area (Å²) in [6, 6.07) is 4.79. The Morgan fingerprint density at radius 2 is 2.17 bits per heavy atom. The van der Waals surface area contributed by atoms with Gasteiger partial charge in [0, 0.05) is 6.42 Å². The van der Waals surface area contributed by atoms with Crippen LogP contribution in [0.15, 0.2) is 18.2 Å². The van der Waals surface area contributed by atoms with Crippen LogP contribution < -0.4 is 0 Å². The van der Waals surface area contributed by atoms with Crippen molar-refractivity contribution in [3.63, 3.8) is 0 Å². The molecule has 1 nitrogen and oxygen atoms in total. The maximum absolute atomic E-state index is 12.5. The van der Waals surface area contributed by atoms with Crippen molar-refractivity contribution in [2.75, 3.05) is 0 Å². The normalized spacial score (nSPS) is 25.4. The van der Waals surface area contributed by atoms with Crippen molar-refractivity contribution < 1.29 is 8.78 Å². The van der Waals surface area contributed by atoms with Crippen LogP contribution in [0.2, 0.25) is 5.15 Å². The van der Waals surface area contributed by atoms with Gasteiger partial charge in [0.15, 0.2) is 0 Å². The molecule has 1 aliphatic carbocycles. The minimum atomic E-state index is -2.56. The number of aromatic nitrogens is 1. The Kier molecular flexibility index (Phi) is 1.58. The van der Waals surface area contributed by atoms with Gasteiger partial charge >= 0.3 is 0 Å². The largest absolute Gasteiger partial charge is 0.257 e. The van der Waals surface area contributed by atoms with Gasteiger partial charge in [-0.05, 0) is 12.1 Å². The Bertz CT molecular complexity index is 314. The minimum Gasteiger partial charge on any atom is -0.241 e. The van der Waals surface area contributed by atoms with E-state index in [-0.39, 0.29) is 11.6 Å². The first-order valence-corrected chi connectivity index (χ1v) is 3.98. The van der Waals surface area contributed by atoms with Gasteiger partial charge in [0.25, 0.3) is 5.92 Å². The van der Waals surface area contributed by atoms with Crippen LogP contribution in [0.25, 0.3) is 0 Å². The molecule has 1 aliphatic rings. The van der Waals surface area contributed by atoms with E-state index in [1.54, 1.807) is 18.2 Å². The van der Waals surface area contributed by atoms with Gasteiger partial charge in [0.05, 0.1) is 11.6 Å². The molecule has 1 fully saturated rings. The molecule has 12 heavy (non-hydrogen) atoms. The molecule has 1 unspecified atom stereocenters. The summed E-state index contributed by atoms with van der Waals surface area (Å²) in [4.78, 5) is 3.82. The van der Waals surface area contributed by atoms with Gasteiger partial charge in [-0.3, -0.25) is 0 Å². The molecular weight excluding hydrogens is 184 g/mol. The van der Waals surface area contributed by atoms with E-state index >= 15 is 0 Å². The summed E-state index contributed by atoms with van der Waals surface area (Å²) in [5.41, 5.74) is 0.396. The Labute approximate surface area is 73.4 Å². The van der Waals surface area contributed by atoms with Crippen LogP contribution in [-0.4, -0.2) is 10.9 Å². The molecular formula is C8H6ClF2N. The maximum Gasteiger partial charge on any atom is 0.257 e. The number of hydrogen-bond acceptors (Lipinski definition) is 1. The SMILES string of the molecule is FC1(F)CC1c1cccc(Cl)n1. The Morgan fingerprint density at radius 3 is 2.67 bits per heavy atom. The molecule has 1 aromatic rings. The molecule has 0 spiro atoms. The molecule has 0 aliphatic heterocycles. The number of alkyl halides is 2. The maximum atomic E-state index is 12.5. The molecule has 4 heteroatoms. The highest BCUT2D eigenvalue weighted by atomic mass is 35.5. The van der Waals surface area contributed by atoms with Crippen molar-refractivity contribution in [1.82, 2.24) is 4.98 Å². The summed E-state index contributed by atoms with van der Waals surface area (Å²) >= 11 is 5.55. The van der Waals surface area contributed by atoms with Crippen molar-refractivity contribution in [1.29, 1.82) is 0 Å². The lowest BCUT2D eigenvalue weighted by atomic mass is 10.2. The zero-order valence-electron chi connectivity index (χ0n) is 6.10. The third-order valence-electron chi connectivity index (χ3n) is 1.92. The Hall–Kier alpha value is -0.700. The first kappa shape index (κ1) is 7.92. The summed E-state index contributed by atoms with van der Waals surface area (Å²) in [6.45, 7) is 0. The predicted octanol–water partition coefficient (Wildman–Crippen LogP) is 2.86. The zero-order chi connectivity index (χ0) is 8.77. The Balaban J connectivity index is 2.26. The van der Waals surface area contributed by atoms with Crippen molar-refractivity contribution in [2.24, 2.45) is 0 Å². The molecule has 1 aromatic heterocycles. The fourth-order valence-electron chi connectivity index (χ4n) is 1.15. The summed E-state index contributed by atoms with van der Waals surface area (Å²) in [6.07, 6.45) is -0.0969. The van der Waals surface area contributed by atoms with Crippen molar-refractivity contribution >= 4 is 11.6 Å². The van der Waals surface area contributed by atoms with E-state index < -0.39 is 11.8 Å². The van der Waals surface area contributed by atoms with E-state index in [4.69, 9.17) is 11.6 Å². The van der Waals surface area contributed by atoms with E-state index in [1.807, 2.05) is 0 Å². The number of halogens is 3. The molecule has 0 aromatic carbocycles. The van der Waals surface area contributed by atoms with E-state index in [9.17, 15) is 8.78 Å². The molecule has 0 saturated heterocycles. The monoisotopic (exact) mass is 189 g/mol. The first-order valence-electron chi connectivity index (χ1n) is 3.60. The molecule has 0 radical (unpaired) electrons. The molecule has 0 amide bonds. The third-order valence-corrected chi connectivity index (χ3v) is 2.13. The second-order valence-corrected chi connectivity index (χ2v) is 3.29. The lowest BCUT2D eigenvalue weighted by Crippen LogP contribution is -1.95. The van der Waals surface area contributed by atoms with E-state index in [0.717, 1.165) is 0 Å². The standard InChI is InChI=1S/C8H6ClF2N/c9-7-3-1-2-6(12-7)5-4-8(5,10)11/h1-3,5H,4H2. The molecule has 0 bridgehead atoms. The van der Waals surface area contributed by atoms with E-state index in [0.29, 0.717) is 5.69 Å². The topological polar surface area (TPSA) is 12.9 Å². The number of hydrogen-bond donors (Lipinski definition) is 0. The van der Waals surface area contributed by atoms with Crippen LogP contribution in [0.4, 0.5) is 8.78 Å². The van der Waals surface area contributed by atoms with Gasteiger partial charge < -0.3 is 0 Å². The van der Waals surface area contributed by atoms with Gasteiger partial charge in [-0.1, -0.05) is 17.7 Å². The highest BCUT2D eigenvalue weighted by Gasteiger charge is 2.58. The van der Waals surface area contributed by atoms with Crippen molar-refractivity contribution in [3.05, 3.63) is 29.0 Å². The number of pyridine rings is 1. The first-order chi connectivity index (χ1) is 5.59. The van der Waals surface area contributed by atoms with Crippen LogP contribution in [0.5, 0.6) is 0 Å². The minimum absolute atomic E-state index is 0.0969. The van der Waals surface area contributed by atoms with Gasteiger partial charge in [0.2, 0.25) is 0 Å². The zero-order valence-corrected chi connectivity index (χ0v) is 6.85. The summed E-state index contributed by atoms with van der Waals surface area (Å²) < 4.78 is 25.1. The highest BCUT2D eigenvalue weighted by molar-refractivity contribution is 6.29. The average Bonchev–Trinajstić information content (AvgIpc) is 2.60. The molecule has 1 heterocycles. The van der Waals surface area contributed by atoms with E-state index in [2.05, 4.69) is 4.98 Å². The van der Waals surface area contributed by atoms with Gasteiger partial charge in [-0.15, -0.1) is 0 Å². The fourth-order valence-corrected chi connectivity index (χ4v) is 1.32. The van der Waals surface area contributed by atoms with Crippen LogP contribution in [0.1, 0.15) is 18.0 Å². The number of nitrogens with zero attached hydrogens (tertiary/aromatic N) is 1. The smallest absolute Gasteiger partial charge is 0.241 e. The van der Waals surface area contributed by atoms with Gasteiger partial charge in [-0.2, -0.15) is 0 Å². The molecule has 2 rings (SSSR count). The van der Waals surface area contributed by atoms with Crippen LogP contribution in [-0.2, 0) is 0 Å². The summed E-state index contributed by atoms with van der Waals surface area (Å²) in [5, 5.41) is 0.273. The Morgan fingerprint density at radius 1 is 1.50 bits per heavy atom. The van der Waals surface area contributed by atoms with E-state index in [1.165, 1.54) is 0 Å². The summed E-state index contributed by atoms with van der Waals surface area (Å²) in [5.74, 6) is -3.27. The van der Waals surface area contributed by atoms with Gasteiger partial charge in [-0.25, -0.2) is 13.8 Å². The fraction of sp³-hybridized carbons (Fsp3) is 0.375. The average molecular weight is 190 g/mol. The van der Waals surface area contributed by atoms with Crippen LogP contribution in [0.3, 0.4) is 0 Å². The van der Waals surface area contributed by atoms with Crippen molar-refractivity contribution in [2.45, 2.75) is 18.3 Å². The molecule has 64 valence electrons. The van der Waals surface area contributed by atoms with Crippen LogP contribution in [0, 0.1) is 0 Å². The van der Waals surface area contributed by atoms with Gasteiger partial charge in [0.1, 0.15) is 5.15 Å². The number of rotatable bonds is 1. The third kappa shape index (κ3) is 1.29. The molecule has 1 saturated carbocycles. The summed E-state index contributed by atoms with van der Waals surface area (Å²) in [7, 11) is 0. The second kappa shape index (κ2) is 2.39. The van der Waals surface area contributed by atoms with Crippen LogP contribution >= 0.6 is 11.6 Å².